The molecular formula is C12H7ClFN3OS. The summed E-state index contributed by atoms with van der Waals surface area (Å²) >= 11 is 6.89. The number of aromatic amines is 1. The minimum Gasteiger partial charge on any atom is -0.300 e. The van der Waals surface area contributed by atoms with Crippen molar-refractivity contribution in [3.63, 3.8) is 0 Å². The molecule has 0 radical (unpaired) electrons. The zero-order valence-corrected chi connectivity index (χ0v) is 11.3. The molecule has 1 heterocycles. The van der Waals surface area contributed by atoms with Gasteiger partial charge in [-0.1, -0.05) is 29.4 Å². The average molecular weight is 296 g/mol. The summed E-state index contributed by atoms with van der Waals surface area (Å²) in [6.45, 7) is 0. The second-order valence-corrected chi connectivity index (χ2v) is 4.71. The number of halogens is 2. The van der Waals surface area contributed by atoms with Crippen LogP contribution in [0.2, 0.25) is 5.02 Å². The molecule has 1 aromatic carbocycles. The number of aromatic nitrogens is 2. The maximum Gasteiger partial charge on any atom is 0.270 e. The van der Waals surface area contributed by atoms with E-state index >= 15 is 0 Å². The van der Waals surface area contributed by atoms with Crippen molar-refractivity contribution in [3.05, 3.63) is 45.0 Å². The summed E-state index contributed by atoms with van der Waals surface area (Å²) in [7, 11) is 0. The fraction of sp³-hybridized carbons (Fsp3) is 0.0833. The van der Waals surface area contributed by atoms with E-state index in [0.717, 1.165) is 0 Å². The molecule has 96 valence electrons. The molecule has 2 aromatic rings. The molecule has 0 amide bonds. The van der Waals surface area contributed by atoms with Crippen LogP contribution in [0.5, 0.6) is 0 Å². The number of benzene rings is 1. The highest BCUT2D eigenvalue weighted by Crippen LogP contribution is 2.28. The fourth-order valence-electron chi connectivity index (χ4n) is 1.53. The van der Waals surface area contributed by atoms with Crippen LogP contribution in [0, 0.1) is 17.1 Å². The Morgan fingerprint density at radius 2 is 2.26 bits per heavy atom. The van der Waals surface area contributed by atoms with Crippen molar-refractivity contribution in [2.24, 2.45) is 0 Å². The van der Waals surface area contributed by atoms with Crippen LogP contribution in [0.1, 0.15) is 5.56 Å². The van der Waals surface area contributed by atoms with Crippen LogP contribution in [0.3, 0.4) is 0 Å². The first-order valence-corrected chi connectivity index (χ1v) is 6.71. The molecule has 0 atom stereocenters. The van der Waals surface area contributed by atoms with Gasteiger partial charge in [-0.05, 0) is 18.4 Å². The van der Waals surface area contributed by atoms with Crippen LogP contribution in [-0.2, 0) is 0 Å². The molecule has 0 aliphatic carbocycles. The van der Waals surface area contributed by atoms with Crippen LogP contribution in [0.25, 0.3) is 11.3 Å². The van der Waals surface area contributed by atoms with Crippen molar-refractivity contribution in [1.82, 2.24) is 9.97 Å². The summed E-state index contributed by atoms with van der Waals surface area (Å²) < 4.78 is 14.0. The van der Waals surface area contributed by atoms with Crippen molar-refractivity contribution >= 4 is 23.4 Å². The maximum atomic E-state index is 14.0. The lowest BCUT2D eigenvalue weighted by Gasteiger charge is -2.06. The number of nitriles is 1. The van der Waals surface area contributed by atoms with Crippen LogP contribution in [-0.4, -0.2) is 16.2 Å². The lowest BCUT2D eigenvalue weighted by molar-refractivity contribution is 0.630. The Bertz CT molecular complexity index is 739. The van der Waals surface area contributed by atoms with Crippen LogP contribution < -0.4 is 5.56 Å². The standard InChI is InChI=1S/C12H7ClFN3OS/c1-19-12-16-10(7(5-15)11(18)17-12)6-3-2-4-8(13)9(6)14/h2-4H,1H3,(H,16,17,18). The summed E-state index contributed by atoms with van der Waals surface area (Å²) in [6.07, 6.45) is 1.71. The van der Waals surface area contributed by atoms with Crippen molar-refractivity contribution in [3.8, 4) is 17.3 Å². The molecule has 0 saturated heterocycles. The molecule has 1 aromatic heterocycles. The topological polar surface area (TPSA) is 69.5 Å². The Kier molecular flexibility index (Phi) is 3.88. The van der Waals surface area contributed by atoms with Gasteiger partial charge in [-0.2, -0.15) is 5.26 Å². The zero-order valence-electron chi connectivity index (χ0n) is 9.70. The Balaban J connectivity index is 2.81. The first-order valence-electron chi connectivity index (χ1n) is 5.11. The van der Waals surface area contributed by atoms with E-state index < -0.39 is 11.4 Å². The monoisotopic (exact) mass is 295 g/mol. The molecule has 4 nitrogen and oxygen atoms in total. The molecule has 19 heavy (non-hydrogen) atoms. The van der Waals surface area contributed by atoms with E-state index in [9.17, 15) is 9.18 Å². The van der Waals surface area contributed by atoms with Gasteiger partial charge in [0.15, 0.2) is 11.0 Å². The molecule has 0 saturated carbocycles. The Labute approximate surface area is 117 Å². The van der Waals surface area contributed by atoms with Gasteiger partial charge in [0.2, 0.25) is 0 Å². The van der Waals surface area contributed by atoms with Crippen molar-refractivity contribution in [2.45, 2.75) is 5.16 Å². The van der Waals surface area contributed by atoms with Gasteiger partial charge in [-0.15, -0.1) is 0 Å². The third-order valence-corrected chi connectivity index (χ3v) is 3.28. The van der Waals surface area contributed by atoms with E-state index in [1.165, 1.54) is 30.0 Å². The Morgan fingerprint density at radius 3 is 2.89 bits per heavy atom. The molecule has 1 N–H and O–H groups in total. The molecule has 0 bridgehead atoms. The highest BCUT2D eigenvalue weighted by Gasteiger charge is 2.17. The normalized spacial score (nSPS) is 10.2. The third kappa shape index (κ3) is 2.48. The van der Waals surface area contributed by atoms with E-state index in [4.69, 9.17) is 16.9 Å². The van der Waals surface area contributed by atoms with E-state index in [1.54, 1.807) is 12.3 Å². The van der Waals surface area contributed by atoms with Gasteiger partial charge in [-0.3, -0.25) is 4.79 Å². The minimum absolute atomic E-state index is 0.00407. The maximum absolute atomic E-state index is 14.0. The number of H-pyrrole nitrogens is 1. The third-order valence-electron chi connectivity index (χ3n) is 2.41. The highest BCUT2D eigenvalue weighted by molar-refractivity contribution is 7.98. The number of thioether (sulfide) groups is 1. The Hall–Kier alpha value is -1.84. The lowest BCUT2D eigenvalue weighted by atomic mass is 10.1. The molecule has 0 fully saturated rings. The molecule has 0 aliphatic heterocycles. The smallest absolute Gasteiger partial charge is 0.270 e. The van der Waals surface area contributed by atoms with E-state index in [2.05, 4.69) is 9.97 Å². The van der Waals surface area contributed by atoms with Crippen LogP contribution in [0.4, 0.5) is 4.39 Å². The molecule has 0 aliphatic rings. The second kappa shape index (κ2) is 5.43. The van der Waals surface area contributed by atoms with Crippen LogP contribution in [0.15, 0.2) is 28.2 Å². The first kappa shape index (κ1) is 13.6. The van der Waals surface area contributed by atoms with Crippen molar-refractivity contribution in [1.29, 1.82) is 5.26 Å². The minimum atomic E-state index is -0.703. The molecular weight excluding hydrogens is 289 g/mol. The van der Waals surface area contributed by atoms with Gasteiger partial charge >= 0.3 is 0 Å². The summed E-state index contributed by atoms with van der Waals surface area (Å²) in [5.41, 5.74) is -0.809. The summed E-state index contributed by atoms with van der Waals surface area (Å²) in [5.74, 6) is -0.703. The molecule has 7 heteroatoms. The second-order valence-electron chi connectivity index (χ2n) is 3.51. The van der Waals surface area contributed by atoms with E-state index in [0.29, 0.717) is 5.16 Å². The largest absolute Gasteiger partial charge is 0.300 e. The predicted molar refractivity (Wildman–Crippen MR) is 71.8 cm³/mol. The van der Waals surface area contributed by atoms with Gasteiger partial charge in [0.1, 0.15) is 11.6 Å². The van der Waals surface area contributed by atoms with Gasteiger partial charge in [0.25, 0.3) is 5.56 Å². The van der Waals surface area contributed by atoms with Crippen molar-refractivity contribution in [2.75, 3.05) is 6.26 Å². The van der Waals surface area contributed by atoms with E-state index in [-0.39, 0.29) is 21.8 Å². The number of nitrogens with one attached hydrogen (secondary N) is 1. The number of hydrogen-bond donors (Lipinski definition) is 1. The van der Waals surface area contributed by atoms with Gasteiger partial charge < -0.3 is 4.98 Å². The average Bonchev–Trinajstić information content (AvgIpc) is 2.41. The quantitative estimate of drug-likeness (QED) is 0.683. The van der Waals surface area contributed by atoms with Crippen LogP contribution >= 0.6 is 23.4 Å². The number of rotatable bonds is 2. The molecule has 0 spiro atoms. The lowest BCUT2D eigenvalue weighted by Crippen LogP contribution is -2.15. The summed E-state index contributed by atoms with van der Waals surface area (Å²) in [4.78, 5) is 18.3. The molecule has 2 rings (SSSR count). The SMILES string of the molecule is CSc1nc(-c2cccc(Cl)c2F)c(C#N)c(=O)[nH]1. The summed E-state index contributed by atoms with van der Waals surface area (Å²) in [6, 6.07) is 6.07. The first-order chi connectivity index (χ1) is 9.08. The number of hydrogen-bond acceptors (Lipinski definition) is 4. The summed E-state index contributed by atoms with van der Waals surface area (Å²) in [5, 5.41) is 9.23. The van der Waals surface area contributed by atoms with E-state index in [1.807, 2.05) is 0 Å². The van der Waals surface area contributed by atoms with Gasteiger partial charge in [0.05, 0.1) is 10.7 Å². The van der Waals surface area contributed by atoms with Crippen molar-refractivity contribution < 1.29 is 4.39 Å². The predicted octanol–water partition coefficient (Wildman–Crippen LogP) is 2.82. The highest BCUT2D eigenvalue weighted by atomic mass is 35.5. The number of nitrogens with zero attached hydrogens (tertiary/aromatic N) is 2. The van der Waals surface area contributed by atoms with Gasteiger partial charge in [-0.25, -0.2) is 9.37 Å². The zero-order chi connectivity index (χ0) is 14.0. The van der Waals surface area contributed by atoms with Gasteiger partial charge in [0, 0.05) is 5.56 Å². The molecule has 0 unspecified atom stereocenters. The Morgan fingerprint density at radius 1 is 1.53 bits per heavy atom. The fourth-order valence-corrected chi connectivity index (χ4v) is 2.09.